The van der Waals surface area contributed by atoms with Gasteiger partial charge in [-0.2, -0.15) is 13.2 Å². The van der Waals surface area contributed by atoms with Crippen LogP contribution in [-0.4, -0.2) is 18.1 Å². The van der Waals surface area contributed by atoms with Gasteiger partial charge >= 0.3 is 12.1 Å². The van der Waals surface area contributed by atoms with Crippen molar-refractivity contribution in [2.75, 3.05) is 7.11 Å². The minimum Gasteiger partial charge on any atom is -0.459 e. The molecule has 0 bridgehead atoms. The van der Waals surface area contributed by atoms with Crippen molar-refractivity contribution in [1.82, 2.24) is 4.98 Å². The zero-order chi connectivity index (χ0) is 13.1. The number of nitrogens with zero attached hydrogens (tertiary/aromatic N) is 1. The van der Waals surface area contributed by atoms with Crippen LogP contribution in [0, 0.1) is 11.8 Å². The smallest absolute Gasteiger partial charge is 0.417 e. The van der Waals surface area contributed by atoms with Crippen LogP contribution in [-0.2, 0) is 15.7 Å². The molecule has 3 nitrogen and oxygen atoms in total. The van der Waals surface area contributed by atoms with Gasteiger partial charge in [-0.15, -0.1) is 0 Å². The van der Waals surface area contributed by atoms with Gasteiger partial charge in [0.25, 0.3) is 0 Å². The van der Waals surface area contributed by atoms with E-state index < -0.39 is 17.7 Å². The van der Waals surface area contributed by atoms with Gasteiger partial charge in [-0.1, -0.05) is 11.6 Å². The monoisotopic (exact) mass is 263 g/mol. The van der Waals surface area contributed by atoms with Crippen molar-refractivity contribution in [3.05, 3.63) is 28.5 Å². The molecule has 7 heteroatoms. The number of carbonyl (C=O) groups excluding carboxylic acids is 1. The van der Waals surface area contributed by atoms with Crippen LogP contribution < -0.4 is 0 Å². The summed E-state index contributed by atoms with van der Waals surface area (Å²) in [5, 5.41) is -0.281. The average molecular weight is 264 g/mol. The molecule has 0 amide bonds. The van der Waals surface area contributed by atoms with Crippen LogP contribution in [0.2, 0.25) is 5.02 Å². The third-order valence-corrected chi connectivity index (χ3v) is 1.92. The lowest BCUT2D eigenvalue weighted by Gasteiger charge is -2.06. The molecule has 0 aliphatic heterocycles. The number of alkyl halides is 3. The van der Waals surface area contributed by atoms with Crippen molar-refractivity contribution in [1.29, 1.82) is 0 Å². The Morgan fingerprint density at radius 3 is 2.65 bits per heavy atom. The second-order valence-corrected chi connectivity index (χ2v) is 3.20. The maximum Gasteiger partial charge on any atom is 0.417 e. The normalized spacial score (nSPS) is 10.4. The minimum atomic E-state index is -4.52. The molecule has 0 saturated heterocycles. The topological polar surface area (TPSA) is 39.2 Å². The molecule has 1 aromatic rings. The van der Waals surface area contributed by atoms with Gasteiger partial charge in [-0.25, -0.2) is 9.78 Å². The molecule has 0 fully saturated rings. The number of methoxy groups -OCH3 is 1. The molecule has 1 aromatic heterocycles. The number of halogens is 4. The van der Waals surface area contributed by atoms with Crippen LogP contribution in [0.4, 0.5) is 13.2 Å². The van der Waals surface area contributed by atoms with Crippen molar-refractivity contribution in [3.8, 4) is 11.8 Å². The number of ether oxygens (including phenoxy) is 1. The predicted octanol–water partition coefficient (Wildman–Crippen LogP) is 2.28. The average Bonchev–Trinajstić information content (AvgIpc) is 2.25. The quantitative estimate of drug-likeness (QED) is 0.532. The van der Waals surface area contributed by atoms with Crippen molar-refractivity contribution in [2.45, 2.75) is 6.18 Å². The van der Waals surface area contributed by atoms with E-state index in [-0.39, 0.29) is 10.7 Å². The summed E-state index contributed by atoms with van der Waals surface area (Å²) in [7, 11) is 1.12. The second-order valence-electron chi connectivity index (χ2n) is 2.79. The van der Waals surface area contributed by atoms with E-state index in [9.17, 15) is 18.0 Å². The molecule has 0 aliphatic carbocycles. The molecule has 1 heterocycles. The first-order chi connectivity index (χ1) is 7.84. The predicted molar refractivity (Wildman–Crippen MR) is 53.1 cm³/mol. The molecule has 0 unspecified atom stereocenters. The lowest BCUT2D eigenvalue weighted by atomic mass is 10.2. The molecule has 90 valence electrons. The maximum atomic E-state index is 12.3. The van der Waals surface area contributed by atoms with Crippen LogP contribution in [0.15, 0.2) is 12.3 Å². The third-order valence-electron chi connectivity index (χ3n) is 1.64. The Labute approximate surface area is 99.5 Å². The number of hydrogen-bond acceptors (Lipinski definition) is 3. The van der Waals surface area contributed by atoms with E-state index in [0.717, 1.165) is 7.11 Å². The van der Waals surface area contributed by atoms with Gasteiger partial charge in [-0.05, 0) is 12.0 Å². The summed E-state index contributed by atoms with van der Waals surface area (Å²) in [6.07, 6.45) is -3.93. The van der Waals surface area contributed by atoms with E-state index in [0.29, 0.717) is 12.3 Å². The molecule has 0 spiro atoms. The first-order valence-corrected chi connectivity index (χ1v) is 4.55. The van der Waals surface area contributed by atoms with Gasteiger partial charge in [-0.3, -0.25) is 0 Å². The van der Waals surface area contributed by atoms with E-state index in [2.05, 4.69) is 15.6 Å². The SMILES string of the molecule is COC(=O)C#Cc1ncc(C(F)(F)F)cc1Cl. The molecular weight excluding hydrogens is 259 g/mol. The van der Waals surface area contributed by atoms with Gasteiger partial charge < -0.3 is 4.74 Å². The van der Waals surface area contributed by atoms with Gasteiger partial charge in [0, 0.05) is 12.1 Å². The highest BCUT2D eigenvalue weighted by atomic mass is 35.5. The standard InChI is InChI=1S/C10H5ClF3NO2/c1-17-9(16)3-2-8-7(11)4-6(5-15-8)10(12,13)14/h4-5H,1H3. The lowest BCUT2D eigenvalue weighted by Crippen LogP contribution is -2.06. The van der Waals surface area contributed by atoms with Crippen LogP contribution in [0.25, 0.3) is 0 Å². The van der Waals surface area contributed by atoms with Crippen LogP contribution in [0.3, 0.4) is 0 Å². The number of hydrogen-bond donors (Lipinski definition) is 0. The number of esters is 1. The summed E-state index contributed by atoms with van der Waals surface area (Å²) in [6.45, 7) is 0. The minimum absolute atomic E-state index is 0.120. The molecule has 17 heavy (non-hydrogen) atoms. The van der Waals surface area contributed by atoms with Crippen LogP contribution in [0.1, 0.15) is 11.3 Å². The highest BCUT2D eigenvalue weighted by molar-refractivity contribution is 6.31. The first kappa shape index (κ1) is 13.3. The molecular formula is C10H5ClF3NO2. The van der Waals surface area contributed by atoms with E-state index in [1.54, 1.807) is 0 Å². The molecule has 1 rings (SSSR count). The summed E-state index contributed by atoms with van der Waals surface area (Å²) in [5.74, 6) is 3.38. The van der Waals surface area contributed by atoms with Gasteiger partial charge in [0.05, 0.1) is 17.7 Å². The van der Waals surface area contributed by atoms with Gasteiger partial charge in [0.15, 0.2) is 0 Å². The van der Waals surface area contributed by atoms with Crippen LogP contribution >= 0.6 is 11.6 Å². The maximum absolute atomic E-state index is 12.3. The number of rotatable bonds is 0. The number of carbonyl (C=O) groups is 1. The summed E-state index contributed by atoms with van der Waals surface area (Å²) >= 11 is 5.54. The highest BCUT2D eigenvalue weighted by Gasteiger charge is 2.31. The highest BCUT2D eigenvalue weighted by Crippen LogP contribution is 2.30. The van der Waals surface area contributed by atoms with E-state index in [1.165, 1.54) is 0 Å². The molecule has 0 saturated carbocycles. The fourth-order valence-corrected chi connectivity index (χ4v) is 1.06. The summed E-state index contributed by atoms with van der Waals surface area (Å²) in [5.41, 5.74) is -1.10. The Hall–Kier alpha value is -1.74. The molecule has 0 atom stereocenters. The van der Waals surface area contributed by atoms with Crippen molar-refractivity contribution >= 4 is 17.6 Å². The molecule has 0 radical (unpaired) electrons. The summed E-state index contributed by atoms with van der Waals surface area (Å²) < 4.78 is 41.0. The van der Waals surface area contributed by atoms with E-state index in [1.807, 2.05) is 5.92 Å². The Bertz CT molecular complexity index is 502. The summed E-state index contributed by atoms with van der Waals surface area (Å²) in [4.78, 5) is 14.1. The largest absolute Gasteiger partial charge is 0.459 e. The van der Waals surface area contributed by atoms with E-state index in [4.69, 9.17) is 11.6 Å². The first-order valence-electron chi connectivity index (χ1n) is 4.17. The Morgan fingerprint density at radius 1 is 1.53 bits per heavy atom. The third kappa shape index (κ3) is 3.64. The van der Waals surface area contributed by atoms with Gasteiger partial charge in [0.2, 0.25) is 0 Å². The fraction of sp³-hybridized carbons (Fsp3) is 0.200. The van der Waals surface area contributed by atoms with Crippen molar-refractivity contribution in [3.63, 3.8) is 0 Å². The molecule has 0 N–H and O–H groups in total. The summed E-state index contributed by atoms with van der Waals surface area (Å²) in [6, 6.07) is 0.690. The van der Waals surface area contributed by atoms with Crippen molar-refractivity contribution < 1.29 is 22.7 Å². The zero-order valence-corrected chi connectivity index (χ0v) is 9.19. The van der Waals surface area contributed by atoms with Crippen LogP contribution in [0.5, 0.6) is 0 Å². The Balaban J connectivity index is 3.05. The molecule has 0 aromatic carbocycles. The van der Waals surface area contributed by atoms with Gasteiger partial charge in [0.1, 0.15) is 5.69 Å². The van der Waals surface area contributed by atoms with Crippen molar-refractivity contribution in [2.24, 2.45) is 0 Å². The van der Waals surface area contributed by atoms with E-state index >= 15 is 0 Å². The zero-order valence-electron chi connectivity index (χ0n) is 8.43. The lowest BCUT2D eigenvalue weighted by molar-refractivity contribution is -0.138. The molecule has 0 aliphatic rings. The number of pyridine rings is 1. The Kier molecular flexibility index (Phi) is 3.97. The Morgan fingerprint density at radius 2 is 2.18 bits per heavy atom. The fourth-order valence-electron chi connectivity index (χ4n) is 0.846. The second kappa shape index (κ2) is 5.06. The number of aromatic nitrogens is 1.